The van der Waals surface area contributed by atoms with E-state index in [1.165, 1.54) is 28.0 Å². The third kappa shape index (κ3) is 4.07. The van der Waals surface area contributed by atoms with Gasteiger partial charge in [-0.1, -0.05) is 98.4 Å². The molecular weight excluding hydrogens is 441 g/mol. The predicted molar refractivity (Wildman–Crippen MR) is 151 cm³/mol. The minimum atomic E-state index is -0.339. The van der Waals surface area contributed by atoms with Crippen molar-refractivity contribution in [2.45, 2.75) is 64.7 Å². The first-order valence-electron chi connectivity index (χ1n) is 12.6. The molecule has 6 rings (SSSR count). The van der Waals surface area contributed by atoms with Crippen molar-refractivity contribution in [3.63, 3.8) is 0 Å². The molecule has 0 N–H and O–H groups in total. The predicted octanol–water partition coefficient (Wildman–Crippen LogP) is 6.81. The highest BCUT2D eigenvalue weighted by Crippen LogP contribution is 2.62. The van der Waals surface area contributed by atoms with Gasteiger partial charge in [0.2, 0.25) is 0 Å². The second-order valence-electron chi connectivity index (χ2n) is 11.0. The number of hydrogen-bond donors (Lipinski definition) is 0. The SMILES string of the molecule is C.CC1(C)OB(c2ccc(C3=CCC(c4ccccc4)=NC4(c5ccccc5)CC34)cc2)OC1(C)C. The van der Waals surface area contributed by atoms with E-state index in [0.717, 1.165) is 18.3 Å². The second-order valence-corrected chi connectivity index (χ2v) is 11.0. The van der Waals surface area contributed by atoms with E-state index in [0.29, 0.717) is 5.92 Å². The molecule has 3 aromatic carbocycles. The summed E-state index contributed by atoms with van der Waals surface area (Å²) >= 11 is 0. The fourth-order valence-electron chi connectivity index (χ4n) is 5.43. The van der Waals surface area contributed by atoms with Gasteiger partial charge < -0.3 is 9.31 Å². The average Bonchev–Trinajstić information content (AvgIpc) is 3.55. The molecular formula is C32H36BNO2. The molecule has 36 heavy (non-hydrogen) atoms. The third-order valence-corrected chi connectivity index (χ3v) is 8.31. The molecule has 1 saturated heterocycles. The zero-order valence-electron chi connectivity index (χ0n) is 21.0. The van der Waals surface area contributed by atoms with Crippen molar-refractivity contribution in [1.29, 1.82) is 0 Å². The summed E-state index contributed by atoms with van der Waals surface area (Å²) in [5, 5.41) is 0. The Labute approximate surface area is 216 Å². The maximum atomic E-state index is 6.27. The highest BCUT2D eigenvalue weighted by molar-refractivity contribution is 6.62. The molecule has 0 amide bonds. The summed E-state index contributed by atoms with van der Waals surface area (Å²) < 4.78 is 12.5. The van der Waals surface area contributed by atoms with E-state index in [1.807, 2.05) is 0 Å². The highest BCUT2D eigenvalue weighted by Gasteiger charge is 2.58. The molecule has 3 nitrogen and oxygen atoms in total. The molecule has 0 spiro atoms. The molecule has 184 valence electrons. The molecule has 2 aliphatic heterocycles. The normalized spacial score (nSPS) is 25.7. The first-order valence-corrected chi connectivity index (χ1v) is 12.6. The third-order valence-electron chi connectivity index (χ3n) is 8.31. The maximum absolute atomic E-state index is 6.27. The van der Waals surface area contributed by atoms with Crippen molar-refractivity contribution < 1.29 is 9.31 Å². The Bertz CT molecular complexity index is 1280. The Hall–Kier alpha value is -2.95. The van der Waals surface area contributed by atoms with Crippen LogP contribution in [0.15, 0.2) is 96.0 Å². The van der Waals surface area contributed by atoms with Crippen LogP contribution in [0.3, 0.4) is 0 Å². The Kier molecular flexibility index (Phi) is 6.09. The monoisotopic (exact) mass is 477 g/mol. The van der Waals surface area contributed by atoms with E-state index in [9.17, 15) is 0 Å². The number of nitrogens with zero attached hydrogens (tertiary/aromatic N) is 1. The molecule has 0 aromatic heterocycles. The van der Waals surface area contributed by atoms with Gasteiger partial charge in [-0.2, -0.15) is 0 Å². The van der Waals surface area contributed by atoms with E-state index < -0.39 is 0 Å². The summed E-state index contributed by atoms with van der Waals surface area (Å²) in [6.07, 6.45) is 4.28. The van der Waals surface area contributed by atoms with Gasteiger partial charge in [0.1, 0.15) is 0 Å². The number of allylic oxidation sites excluding steroid dienone is 1. The summed E-state index contributed by atoms with van der Waals surface area (Å²) in [4.78, 5) is 5.43. The molecule has 4 heteroatoms. The molecule has 0 radical (unpaired) electrons. The Morgan fingerprint density at radius 2 is 1.33 bits per heavy atom. The second kappa shape index (κ2) is 8.86. The van der Waals surface area contributed by atoms with Crippen LogP contribution in [0.25, 0.3) is 5.57 Å². The lowest BCUT2D eigenvalue weighted by atomic mass is 9.78. The molecule has 0 bridgehead atoms. The van der Waals surface area contributed by atoms with Gasteiger partial charge in [0, 0.05) is 18.1 Å². The lowest BCUT2D eigenvalue weighted by Crippen LogP contribution is -2.41. The van der Waals surface area contributed by atoms with Gasteiger partial charge in [-0.25, -0.2) is 0 Å². The molecule has 2 fully saturated rings. The maximum Gasteiger partial charge on any atom is 0.494 e. The molecule has 3 aliphatic rings. The molecule has 2 heterocycles. The topological polar surface area (TPSA) is 30.8 Å². The van der Waals surface area contributed by atoms with Gasteiger partial charge in [-0.3, -0.25) is 4.99 Å². The summed E-state index contributed by atoms with van der Waals surface area (Å²) in [6, 6.07) is 30.2. The summed E-state index contributed by atoms with van der Waals surface area (Å²) in [5.74, 6) is 0.383. The standard InChI is InChI=1S/C31H32BNO2.CH4/c1-29(2)30(3,4)35-32(34-29)25-17-15-22(16-18-25)26-19-20-28(23-11-7-5-8-12-23)33-31(21-27(26)31)24-13-9-6-10-14-24;/h5-19,27H,20-21H2,1-4H3;1H4. The number of hydrogen-bond acceptors (Lipinski definition) is 3. The van der Waals surface area contributed by atoms with Crippen molar-refractivity contribution in [2.24, 2.45) is 10.9 Å². The zero-order chi connectivity index (χ0) is 24.3. The van der Waals surface area contributed by atoms with E-state index in [1.54, 1.807) is 0 Å². The van der Waals surface area contributed by atoms with Gasteiger partial charge in [-0.15, -0.1) is 0 Å². The van der Waals surface area contributed by atoms with Crippen LogP contribution in [-0.2, 0) is 14.8 Å². The van der Waals surface area contributed by atoms with Gasteiger partial charge in [0.25, 0.3) is 0 Å². The smallest absolute Gasteiger partial charge is 0.399 e. The van der Waals surface area contributed by atoms with Gasteiger partial charge >= 0.3 is 7.12 Å². The Morgan fingerprint density at radius 1 is 0.750 bits per heavy atom. The van der Waals surface area contributed by atoms with Crippen LogP contribution in [0.5, 0.6) is 0 Å². The average molecular weight is 477 g/mol. The first kappa shape index (κ1) is 24.7. The van der Waals surface area contributed by atoms with Gasteiger partial charge in [-0.05, 0) is 61.8 Å². The van der Waals surface area contributed by atoms with Gasteiger partial charge in [0.05, 0.1) is 16.7 Å². The molecule has 2 unspecified atom stereocenters. The van der Waals surface area contributed by atoms with E-state index in [2.05, 4.69) is 119 Å². The van der Waals surface area contributed by atoms with Crippen molar-refractivity contribution in [2.75, 3.05) is 0 Å². The van der Waals surface area contributed by atoms with Crippen LogP contribution >= 0.6 is 0 Å². The van der Waals surface area contributed by atoms with Crippen LogP contribution in [0, 0.1) is 5.92 Å². The first-order chi connectivity index (χ1) is 16.8. The molecule has 1 saturated carbocycles. The molecule has 2 atom stereocenters. The largest absolute Gasteiger partial charge is 0.494 e. The Morgan fingerprint density at radius 3 is 1.94 bits per heavy atom. The summed E-state index contributed by atoms with van der Waals surface area (Å²) in [5.41, 5.74) is 6.54. The number of rotatable bonds is 4. The van der Waals surface area contributed by atoms with E-state index in [4.69, 9.17) is 14.3 Å². The van der Waals surface area contributed by atoms with Crippen LogP contribution in [0.4, 0.5) is 0 Å². The fraction of sp³-hybridized carbons (Fsp3) is 0.344. The summed E-state index contributed by atoms with van der Waals surface area (Å²) in [7, 11) is -0.338. The van der Waals surface area contributed by atoms with Crippen molar-refractivity contribution in [1.82, 2.24) is 0 Å². The Balaban J connectivity index is 0.00000267. The number of fused-ring (bicyclic) bond motifs is 1. The minimum Gasteiger partial charge on any atom is -0.399 e. The quantitative estimate of drug-likeness (QED) is 0.387. The minimum absolute atomic E-state index is 0. The zero-order valence-corrected chi connectivity index (χ0v) is 21.0. The van der Waals surface area contributed by atoms with Crippen molar-refractivity contribution in [3.8, 4) is 0 Å². The molecule has 3 aromatic rings. The fourth-order valence-corrected chi connectivity index (χ4v) is 5.43. The van der Waals surface area contributed by atoms with Crippen LogP contribution < -0.4 is 5.46 Å². The van der Waals surface area contributed by atoms with Crippen LogP contribution in [-0.4, -0.2) is 24.0 Å². The van der Waals surface area contributed by atoms with Crippen molar-refractivity contribution in [3.05, 3.63) is 108 Å². The van der Waals surface area contributed by atoms with Crippen LogP contribution in [0.2, 0.25) is 0 Å². The highest BCUT2D eigenvalue weighted by atomic mass is 16.7. The van der Waals surface area contributed by atoms with Gasteiger partial charge in [0.15, 0.2) is 0 Å². The summed E-state index contributed by atoms with van der Waals surface area (Å²) in [6.45, 7) is 8.38. The lowest BCUT2D eigenvalue weighted by molar-refractivity contribution is 0.00578. The van der Waals surface area contributed by atoms with Crippen molar-refractivity contribution >= 4 is 23.9 Å². The number of benzene rings is 3. The number of aliphatic imine (C=N–C) groups is 1. The molecule has 1 aliphatic carbocycles. The van der Waals surface area contributed by atoms with Crippen LogP contribution in [0.1, 0.15) is 64.7 Å². The van der Waals surface area contributed by atoms with E-state index >= 15 is 0 Å². The lowest BCUT2D eigenvalue weighted by Gasteiger charge is -2.32. The van der Waals surface area contributed by atoms with E-state index in [-0.39, 0.29) is 31.3 Å².